The quantitative estimate of drug-likeness (QED) is 0.529. The molecule has 0 N–H and O–H groups in total. The molecule has 2 aromatic rings. The van der Waals surface area contributed by atoms with Gasteiger partial charge in [0.1, 0.15) is 0 Å². The molecule has 2 aromatic carbocycles. The van der Waals surface area contributed by atoms with Crippen molar-refractivity contribution in [3.63, 3.8) is 0 Å². The summed E-state index contributed by atoms with van der Waals surface area (Å²) in [6.07, 6.45) is 0. The molecule has 0 saturated carbocycles. The Hall–Kier alpha value is -1.68. The first kappa shape index (κ1) is 21.6. The van der Waals surface area contributed by atoms with Crippen LogP contribution in [0.1, 0.15) is 45.7 Å². The zero-order valence-corrected chi connectivity index (χ0v) is 18.8. The molecule has 0 spiro atoms. The third-order valence-corrected chi connectivity index (χ3v) is 11.5. The Labute approximate surface area is 167 Å². The van der Waals surface area contributed by atoms with Crippen molar-refractivity contribution in [1.82, 2.24) is 9.13 Å². The molecule has 27 heavy (non-hydrogen) atoms. The summed E-state index contributed by atoms with van der Waals surface area (Å²) in [4.78, 5) is 0. The van der Waals surface area contributed by atoms with E-state index in [1.54, 1.807) is 0 Å². The standard InChI is InChI=1S/C24H36N2Si/c1-7-25(8-2)27(11-5,26(9-3)10-4)24-19-17-23(18-20-24)21(6)22-15-13-12-14-16-22/h12-20H,6-11H2,1-5H3. The van der Waals surface area contributed by atoms with E-state index in [-0.39, 0.29) is 0 Å². The molecular weight excluding hydrogens is 344 g/mol. The molecule has 146 valence electrons. The van der Waals surface area contributed by atoms with Crippen LogP contribution in [-0.4, -0.2) is 43.7 Å². The van der Waals surface area contributed by atoms with Crippen molar-refractivity contribution in [2.75, 3.05) is 26.2 Å². The lowest BCUT2D eigenvalue weighted by Crippen LogP contribution is -2.72. The number of benzene rings is 2. The number of rotatable bonds is 10. The molecule has 0 bridgehead atoms. The molecule has 0 aromatic heterocycles. The number of hydrogen-bond donors (Lipinski definition) is 0. The average molecular weight is 381 g/mol. The summed E-state index contributed by atoms with van der Waals surface area (Å²) in [5, 5.41) is 1.52. The van der Waals surface area contributed by atoms with Gasteiger partial charge in [0, 0.05) is 0 Å². The molecule has 0 saturated heterocycles. The maximum absolute atomic E-state index is 4.33. The average Bonchev–Trinajstić information content (AvgIpc) is 2.74. The summed E-state index contributed by atoms with van der Waals surface area (Å²) < 4.78 is 5.47. The summed E-state index contributed by atoms with van der Waals surface area (Å²) >= 11 is 0. The predicted molar refractivity (Wildman–Crippen MR) is 123 cm³/mol. The molecule has 0 fully saturated rings. The topological polar surface area (TPSA) is 6.48 Å². The second-order valence-corrected chi connectivity index (χ2v) is 11.1. The molecule has 0 aliphatic heterocycles. The summed E-state index contributed by atoms with van der Waals surface area (Å²) in [7, 11) is -1.90. The fraction of sp³-hybridized carbons (Fsp3) is 0.417. The summed E-state index contributed by atoms with van der Waals surface area (Å²) in [5.74, 6) is 0. The van der Waals surface area contributed by atoms with Gasteiger partial charge in [0.2, 0.25) is 8.40 Å². The van der Waals surface area contributed by atoms with Gasteiger partial charge < -0.3 is 9.13 Å². The van der Waals surface area contributed by atoms with Crippen LogP contribution in [-0.2, 0) is 0 Å². The van der Waals surface area contributed by atoms with E-state index in [0.29, 0.717) is 0 Å². The fourth-order valence-corrected chi connectivity index (χ4v) is 9.68. The van der Waals surface area contributed by atoms with Gasteiger partial charge in [-0.2, -0.15) is 0 Å². The van der Waals surface area contributed by atoms with Crippen LogP contribution >= 0.6 is 0 Å². The van der Waals surface area contributed by atoms with Gasteiger partial charge in [-0.15, -0.1) is 0 Å². The van der Waals surface area contributed by atoms with E-state index < -0.39 is 8.40 Å². The summed E-state index contributed by atoms with van der Waals surface area (Å²) in [6, 6.07) is 21.0. The Balaban J connectivity index is 2.46. The van der Waals surface area contributed by atoms with Crippen molar-refractivity contribution >= 4 is 19.2 Å². The Morgan fingerprint density at radius 1 is 0.704 bits per heavy atom. The third kappa shape index (κ3) is 4.26. The van der Waals surface area contributed by atoms with E-state index in [9.17, 15) is 0 Å². The zero-order chi connectivity index (χ0) is 19.9. The monoisotopic (exact) mass is 380 g/mol. The second kappa shape index (κ2) is 10.0. The lowest BCUT2D eigenvalue weighted by molar-refractivity contribution is 0.362. The van der Waals surface area contributed by atoms with Crippen LogP contribution in [0.15, 0.2) is 61.2 Å². The van der Waals surface area contributed by atoms with Crippen molar-refractivity contribution in [2.24, 2.45) is 0 Å². The van der Waals surface area contributed by atoms with Crippen LogP contribution in [0.25, 0.3) is 5.57 Å². The first-order valence-electron chi connectivity index (χ1n) is 10.4. The van der Waals surface area contributed by atoms with Crippen LogP contribution < -0.4 is 5.19 Å². The molecule has 0 atom stereocenters. The first-order valence-corrected chi connectivity index (χ1v) is 12.5. The summed E-state index contributed by atoms with van der Waals surface area (Å²) in [5.41, 5.74) is 3.50. The van der Waals surface area contributed by atoms with Crippen LogP contribution in [0.2, 0.25) is 6.04 Å². The molecule has 0 unspecified atom stereocenters. The van der Waals surface area contributed by atoms with E-state index in [0.717, 1.165) is 31.8 Å². The predicted octanol–water partition coefficient (Wildman–Crippen LogP) is 5.10. The Morgan fingerprint density at radius 3 is 1.56 bits per heavy atom. The minimum atomic E-state index is -1.90. The van der Waals surface area contributed by atoms with Gasteiger partial charge in [0.05, 0.1) is 0 Å². The maximum Gasteiger partial charge on any atom is 0.239 e. The van der Waals surface area contributed by atoms with Gasteiger partial charge in [0.25, 0.3) is 0 Å². The zero-order valence-electron chi connectivity index (χ0n) is 17.8. The van der Waals surface area contributed by atoms with Crippen LogP contribution in [0.4, 0.5) is 0 Å². The first-order chi connectivity index (χ1) is 13.1. The van der Waals surface area contributed by atoms with E-state index in [2.05, 4.69) is 105 Å². The van der Waals surface area contributed by atoms with Gasteiger partial charge in [-0.3, -0.25) is 0 Å². The van der Waals surface area contributed by atoms with Crippen molar-refractivity contribution in [3.8, 4) is 0 Å². The normalized spacial score (nSPS) is 12.0. The number of nitrogens with zero attached hydrogens (tertiary/aromatic N) is 2. The van der Waals surface area contributed by atoms with Gasteiger partial charge in [-0.1, -0.05) is 95.8 Å². The Bertz CT molecular complexity index is 689. The highest BCUT2D eigenvalue weighted by Crippen LogP contribution is 2.24. The van der Waals surface area contributed by atoms with E-state index in [1.807, 2.05) is 0 Å². The Kier molecular flexibility index (Phi) is 8.02. The van der Waals surface area contributed by atoms with Crippen molar-refractivity contribution in [3.05, 3.63) is 72.3 Å². The molecule has 0 amide bonds. The van der Waals surface area contributed by atoms with Crippen LogP contribution in [0.3, 0.4) is 0 Å². The lowest BCUT2D eigenvalue weighted by Gasteiger charge is -2.48. The van der Waals surface area contributed by atoms with Crippen molar-refractivity contribution in [2.45, 2.75) is 40.7 Å². The van der Waals surface area contributed by atoms with Gasteiger partial charge >= 0.3 is 0 Å². The molecule has 0 aliphatic rings. The smallest absolute Gasteiger partial charge is 0.239 e. The van der Waals surface area contributed by atoms with Crippen molar-refractivity contribution in [1.29, 1.82) is 0 Å². The molecular formula is C24H36N2Si. The molecule has 2 nitrogen and oxygen atoms in total. The van der Waals surface area contributed by atoms with Gasteiger partial charge in [-0.25, -0.2) is 0 Å². The highest BCUT2D eigenvalue weighted by Gasteiger charge is 2.43. The minimum Gasteiger partial charge on any atom is -0.309 e. The lowest BCUT2D eigenvalue weighted by atomic mass is 10.00. The molecule has 2 rings (SSSR count). The highest BCUT2D eigenvalue weighted by atomic mass is 28.3. The SMILES string of the molecule is C=C(c1ccccc1)c1ccc([Si](CC)(N(CC)CC)N(CC)CC)cc1. The highest BCUT2D eigenvalue weighted by molar-refractivity contribution is 6.87. The fourth-order valence-electron chi connectivity index (χ4n) is 4.45. The van der Waals surface area contributed by atoms with E-state index in [4.69, 9.17) is 0 Å². The maximum atomic E-state index is 4.33. The number of hydrogen-bond acceptors (Lipinski definition) is 2. The largest absolute Gasteiger partial charge is 0.309 e. The van der Waals surface area contributed by atoms with Crippen LogP contribution in [0.5, 0.6) is 0 Å². The van der Waals surface area contributed by atoms with Crippen LogP contribution in [0, 0.1) is 0 Å². The van der Waals surface area contributed by atoms with Gasteiger partial charge in [-0.05, 0) is 54.1 Å². The van der Waals surface area contributed by atoms with Gasteiger partial charge in [0.15, 0.2) is 0 Å². The molecule has 0 aliphatic carbocycles. The van der Waals surface area contributed by atoms with E-state index in [1.165, 1.54) is 22.4 Å². The van der Waals surface area contributed by atoms with Crippen molar-refractivity contribution < 1.29 is 0 Å². The Morgan fingerprint density at radius 2 is 1.15 bits per heavy atom. The molecule has 0 heterocycles. The summed E-state index contributed by atoms with van der Waals surface area (Å²) in [6.45, 7) is 20.3. The molecule has 0 radical (unpaired) electrons. The minimum absolute atomic E-state index is 1.09. The second-order valence-electron chi connectivity index (χ2n) is 6.94. The third-order valence-electron chi connectivity index (χ3n) is 5.88. The molecule has 3 heteroatoms. The van der Waals surface area contributed by atoms with E-state index >= 15 is 0 Å².